The number of tetrazole rings is 1. The average molecular weight is 356 g/mol. The number of aryl methyl sites for hydroxylation is 2. The van der Waals surface area contributed by atoms with Gasteiger partial charge in [-0.25, -0.2) is 0 Å². The molecule has 0 fully saturated rings. The van der Waals surface area contributed by atoms with Crippen LogP contribution in [0.3, 0.4) is 0 Å². The molecule has 0 amide bonds. The minimum atomic E-state index is 0.575. The van der Waals surface area contributed by atoms with E-state index in [9.17, 15) is 0 Å². The molecule has 1 heterocycles. The van der Waals surface area contributed by atoms with Crippen LogP contribution in [0.15, 0.2) is 47.6 Å². The summed E-state index contributed by atoms with van der Waals surface area (Å²) in [6.45, 7) is 4.65. The Labute approximate surface area is 151 Å². The first-order valence-electron chi connectivity index (χ1n) is 7.93. The van der Waals surface area contributed by atoms with E-state index in [0.29, 0.717) is 11.8 Å². The lowest BCUT2D eigenvalue weighted by atomic mass is 10.2. The van der Waals surface area contributed by atoms with E-state index in [1.54, 1.807) is 23.6 Å². The van der Waals surface area contributed by atoms with E-state index in [4.69, 9.17) is 9.47 Å². The number of thioether (sulfide) groups is 1. The third kappa shape index (κ3) is 4.30. The van der Waals surface area contributed by atoms with E-state index >= 15 is 0 Å². The molecule has 130 valence electrons. The van der Waals surface area contributed by atoms with Crippen LogP contribution in [-0.2, 0) is 0 Å². The van der Waals surface area contributed by atoms with Crippen molar-refractivity contribution < 1.29 is 9.47 Å². The minimum Gasteiger partial charge on any atom is -0.494 e. The molecule has 0 atom stereocenters. The van der Waals surface area contributed by atoms with E-state index in [-0.39, 0.29) is 0 Å². The van der Waals surface area contributed by atoms with Crippen molar-refractivity contribution in [3.05, 3.63) is 53.6 Å². The van der Waals surface area contributed by atoms with Crippen LogP contribution >= 0.6 is 11.8 Å². The van der Waals surface area contributed by atoms with Crippen molar-refractivity contribution in [1.82, 2.24) is 20.2 Å². The van der Waals surface area contributed by atoms with Crippen LogP contribution < -0.4 is 9.47 Å². The fraction of sp³-hybridized carbons (Fsp3) is 0.278. The zero-order chi connectivity index (χ0) is 17.6. The fourth-order valence-corrected chi connectivity index (χ4v) is 3.01. The van der Waals surface area contributed by atoms with Crippen LogP contribution in [0, 0.1) is 13.8 Å². The SMILES string of the molecule is COc1ccc(C)cc1-n1nnnc1SCCOc1ccc(C)cc1. The molecular formula is C18H20N4O2S. The second kappa shape index (κ2) is 8.02. The molecule has 0 unspecified atom stereocenters. The van der Waals surface area contributed by atoms with Crippen molar-refractivity contribution in [2.45, 2.75) is 19.0 Å². The molecule has 6 nitrogen and oxygen atoms in total. The zero-order valence-corrected chi connectivity index (χ0v) is 15.3. The van der Waals surface area contributed by atoms with Gasteiger partial charge in [-0.05, 0) is 54.1 Å². The highest BCUT2D eigenvalue weighted by Gasteiger charge is 2.13. The van der Waals surface area contributed by atoms with Gasteiger partial charge in [0, 0.05) is 5.75 Å². The molecule has 0 saturated carbocycles. The largest absolute Gasteiger partial charge is 0.494 e. The Morgan fingerprint density at radius 1 is 1.04 bits per heavy atom. The second-order valence-electron chi connectivity index (χ2n) is 5.56. The molecule has 3 rings (SSSR count). The van der Waals surface area contributed by atoms with E-state index in [1.807, 2.05) is 49.4 Å². The second-order valence-corrected chi connectivity index (χ2v) is 6.62. The van der Waals surface area contributed by atoms with Gasteiger partial charge >= 0.3 is 0 Å². The van der Waals surface area contributed by atoms with Gasteiger partial charge in [-0.15, -0.1) is 5.10 Å². The van der Waals surface area contributed by atoms with Crippen molar-refractivity contribution in [2.75, 3.05) is 19.5 Å². The summed E-state index contributed by atoms with van der Waals surface area (Å²) in [5, 5.41) is 12.7. The number of ether oxygens (including phenoxy) is 2. The number of benzene rings is 2. The average Bonchev–Trinajstić information content (AvgIpc) is 3.08. The third-order valence-electron chi connectivity index (χ3n) is 3.61. The predicted octanol–water partition coefficient (Wildman–Crippen LogP) is 3.46. The number of nitrogens with zero attached hydrogens (tertiary/aromatic N) is 4. The Balaban J connectivity index is 1.64. The number of hydrogen-bond donors (Lipinski definition) is 0. The van der Waals surface area contributed by atoms with Gasteiger partial charge in [-0.1, -0.05) is 35.5 Å². The zero-order valence-electron chi connectivity index (χ0n) is 14.5. The van der Waals surface area contributed by atoms with E-state index in [0.717, 1.165) is 28.5 Å². The topological polar surface area (TPSA) is 62.1 Å². The molecule has 0 aliphatic carbocycles. The number of methoxy groups -OCH3 is 1. The summed E-state index contributed by atoms with van der Waals surface area (Å²) >= 11 is 1.54. The number of rotatable bonds is 7. The Kier molecular flexibility index (Phi) is 5.55. The molecule has 0 saturated heterocycles. The van der Waals surface area contributed by atoms with Crippen molar-refractivity contribution in [3.63, 3.8) is 0 Å². The lowest BCUT2D eigenvalue weighted by Gasteiger charge is -2.10. The summed E-state index contributed by atoms with van der Waals surface area (Å²) in [6.07, 6.45) is 0. The van der Waals surface area contributed by atoms with Crippen LogP contribution in [0.1, 0.15) is 11.1 Å². The molecule has 0 bridgehead atoms. The van der Waals surface area contributed by atoms with Crippen molar-refractivity contribution in [1.29, 1.82) is 0 Å². The highest BCUT2D eigenvalue weighted by atomic mass is 32.2. The summed E-state index contributed by atoms with van der Waals surface area (Å²) < 4.78 is 12.9. The van der Waals surface area contributed by atoms with E-state index in [1.165, 1.54) is 5.56 Å². The minimum absolute atomic E-state index is 0.575. The fourth-order valence-electron chi connectivity index (χ4n) is 2.31. The number of aromatic nitrogens is 4. The number of hydrogen-bond acceptors (Lipinski definition) is 6. The molecule has 0 radical (unpaired) electrons. The van der Waals surface area contributed by atoms with Crippen molar-refractivity contribution in [2.24, 2.45) is 0 Å². The van der Waals surface area contributed by atoms with Gasteiger partial charge in [0.05, 0.1) is 13.7 Å². The molecular weight excluding hydrogens is 336 g/mol. The van der Waals surface area contributed by atoms with Crippen LogP contribution in [0.4, 0.5) is 0 Å². The highest BCUT2D eigenvalue weighted by molar-refractivity contribution is 7.99. The molecule has 3 aromatic rings. The molecule has 0 spiro atoms. The summed E-state index contributed by atoms with van der Waals surface area (Å²) in [6, 6.07) is 13.9. The quantitative estimate of drug-likeness (QED) is 0.477. The predicted molar refractivity (Wildman–Crippen MR) is 97.8 cm³/mol. The maximum Gasteiger partial charge on any atom is 0.214 e. The Morgan fingerprint density at radius 3 is 2.56 bits per heavy atom. The summed E-state index contributed by atoms with van der Waals surface area (Å²) in [5.74, 6) is 2.34. The van der Waals surface area contributed by atoms with Gasteiger partial charge in [0.2, 0.25) is 5.16 Å². The molecule has 0 aliphatic rings. The van der Waals surface area contributed by atoms with Gasteiger partial charge in [0.25, 0.3) is 0 Å². The third-order valence-corrected chi connectivity index (χ3v) is 4.49. The van der Waals surface area contributed by atoms with Gasteiger partial charge in [-0.3, -0.25) is 0 Å². The van der Waals surface area contributed by atoms with Crippen LogP contribution in [0.5, 0.6) is 11.5 Å². The summed E-state index contributed by atoms with van der Waals surface area (Å²) in [7, 11) is 1.64. The molecule has 0 N–H and O–H groups in total. The molecule has 7 heteroatoms. The van der Waals surface area contributed by atoms with Crippen molar-refractivity contribution in [3.8, 4) is 17.2 Å². The van der Waals surface area contributed by atoms with E-state index in [2.05, 4.69) is 22.4 Å². The Morgan fingerprint density at radius 2 is 1.80 bits per heavy atom. The van der Waals surface area contributed by atoms with Crippen LogP contribution in [0.25, 0.3) is 5.69 Å². The van der Waals surface area contributed by atoms with Crippen molar-refractivity contribution >= 4 is 11.8 Å². The first kappa shape index (κ1) is 17.3. The summed E-state index contributed by atoms with van der Waals surface area (Å²) in [5.41, 5.74) is 3.16. The van der Waals surface area contributed by atoms with Gasteiger partial charge < -0.3 is 9.47 Å². The Bertz CT molecular complexity index is 833. The lowest BCUT2D eigenvalue weighted by molar-refractivity contribution is 0.344. The first-order valence-corrected chi connectivity index (χ1v) is 8.91. The maximum atomic E-state index is 5.75. The molecule has 2 aromatic carbocycles. The monoisotopic (exact) mass is 356 g/mol. The standard InChI is InChI=1S/C18H20N4O2S/c1-13-4-7-15(8-5-13)24-10-11-25-18-19-20-21-22(18)16-12-14(2)6-9-17(16)23-3/h4-9,12H,10-11H2,1-3H3. The maximum absolute atomic E-state index is 5.75. The lowest BCUT2D eigenvalue weighted by Crippen LogP contribution is -2.05. The molecule has 0 aliphatic heterocycles. The molecule has 25 heavy (non-hydrogen) atoms. The van der Waals surface area contributed by atoms with E-state index < -0.39 is 0 Å². The van der Waals surface area contributed by atoms with Gasteiger partial charge in [0.1, 0.15) is 17.2 Å². The highest BCUT2D eigenvalue weighted by Crippen LogP contribution is 2.27. The normalized spacial score (nSPS) is 10.7. The molecule has 1 aromatic heterocycles. The van der Waals surface area contributed by atoms with Gasteiger partial charge in [-0.2, -0.15) is 4.68 Å². The summed E-state index contributed by atoms with van der Waals surface area (Å²) in [4.78, 5) is 0. The van der Waals surface area contributed by atoms with Gasteiger partial charge in [0.15, 0.2) is 0 Å². The van der Waals surface area contributed by atoms with Crippen LogP contribution in [-0.4, -0.2) is 39.7 Å². The van der Waals surface area contributed by atoms with Crippen LogP contribution in [0.2, 0.25) is 0 Å². The smallest absolute Gasteiger partial charge is 0.214 e. The Hall–Kier alpha value is -2.54. The first-order chi connectivity index (χ1) is 12.2.